The first-order valence-corrected chi connectivity index (χ1v) is 9.41. The van der Waals surface area contributed by atoms with E-state index in [0.717, 1.165) is 18.0 Å². The minimum atomic E-state index is -1.82. The second-order valence-electron chi connectivity index (χ2n) is 7.53. The summed E-state index contributed by atoms with van der Waals surface area (Å²) < 4.78 is 0. The fourth-order valence-corrected chi connectivity index (χ4v) is 4.28. The van der Waals surface area contributed by atoms with Crippen molar-refractivity contribution in [1.29, 1.82) is 0 Å². The van der Waals surface area contributed by atoms with Gasteiger partial charge >= 0.3 is 11.9 Å². The molecule has 6 nitrogen and oxygen atoms in total. The van der Waals surface area contributed by atoms with Crippen molar-refractivity contribution >= 4 is 11.9 Å². The molecule has 3 aliphatic rings. The molecule has 0 aromatic rings. The molecule has 24 heavy (non-hydrogen) atoms. The van der Waals surface area contributed by atoms with E-state index in [-0.39, 0.29) is 0 Å². The summed E-state index contributed by atoms with van der Waals surface area (Å²) in [6.07, 6.45) is 11.7. The predicted octanol–water partition coefficient (Wildman–Crippen LogP) is 2.28. The van der Waals surface area contributed by atoms with E-state index in [2.05, 4.69) is 16.7 Å². The van der Waals surface area contributed by atoms with Gasteiger partial charge in [0.2, 0.25) is 0 Å². The monoisotopic (exact) mass is 340 g/mol. The van der Waals surface area contributed by atoms with Crippen LogP contribution in [-0.2, 0) is 9.59 Å². The van der Waals surface area contributed by atoms with Gasteiger partial charge in [0.25, 0.3) is 0 Å². The molecule has 6 heteroatoms. The molecule has 0 aromatic heterocycles. The third-order valence-electron chi connectivity index (χ3n) is 5.86. The molecule has 0 bridgehead atoms. The molecular formula is C18H32N2O4. The Bertz CT molecular complexity index is 395. The van der Waals surface area contributed by atoms with E-state index >= 15 is 0 Å². The molecule has 2 heterocycles. The van der Waals surface area contributed by atoms with Gasteiger partial charge in [0.05, 0.1) is 0 Å². The van der Waals surface area contributed by atoms with Gasteiger partial charge in [0.15, 0.2) is 0 Å². The average Bonchev–Trinajstić information content (AvgIpc) is 3.11. The Morgan fingerprint density at radius 3 is 1.50 bits per heavy atom. The van der Waals surface area contributed by atoms with Crippen molar-refractivity contribution in [1.82, 2.24) is 9.80 Å². The van der Waals surface area contributed by atoms with Gasteiger partial charge in [-0.3, -0.25) is 0 Å². The Morgan fingerprint density at radius 2 is 1.08 bits per heavy atom. The van der Waals surface area contributed by atoms with E-state index in [1.165, 1.54) is 77.5 Å². The first-order chi connectivity index (χ1) is 11.5. The standard InChI is InChI=1S/C16H30N2.C2H2O4/c1-14-6-10-17(11-7-14)16-8-12-18(13-9-16)15-4-2-3-5-15;3-1(4)2(5)6/h14-16H,2-13H2,1H3;(H,3,4)(H,5,6). The molecule has 1 aliphatic carbocycles. The van der Waals surface area contributed by atoms with Crippen LogP contribution in [0, 0.1) is 5.92 Å². The summed E-state index contributed by atoms with van der Waals surface area (Å²) in [6, 6.07) is 1.86. The second-order valence-corrected chi connectivity index (χ2v) is 7.53. The number of hydrogen-bond acceptors (Lipinski definition) is 4. The molecule has 138 valence electrons. The molecule has 0 amide bonds. The second kappa shape index (κ2) is 9.37. The van der Waals surface area contributed by atoms with Crippen LogP contribution in [0.1, 0.15) is 58.3 Å². The van der Waals surface area contributed by atoms with Gasteiger partial charge < -0.3 is 20.0 Å². The van der Waals surface area contributed by atoms with Crippen LogP contribution in [0.3, 0.4) is 0 Å². The molecule has 0 radical (unpaired) electrons. The van der Waals surface area contributed by atoms with Crippen LogP contribution >= 0.6 is 0 Å². The highest BCUT2D eigenvalue weighted by Crippen LogP contribution is 2.28. The maximum Gasteiger partial charge on any atom is 0.414 e. The van der Waals surface area contributed by atoms with E-state index in [4.69, 9.17) is 19.8 Å². The summed E-state index contributed by atoms with van der Waals surface area (Å²) in [5.41, 5.74) is 0. The van der Waals surface area contributed by atoms with Crippen LogP contribution in [-0.4, -0.2) is 70.2 Å². The normalized spacial score (nSPS) is 25.2. The van der Waals surface area contributed by atoms with Crippen molar-refractivity contribution < 1.29 is 19.8 Å². The number of carboxylic acid groups (broad SMARTS) is 2. The van der Waals surface area contributed by atoms with Crippen molar-refractivity contribution in [2.75, 3.05) is 26.2 Å². The number of nitrogens with zero attached hydrogens (tertiary/aromatic N) is 2. The smallest absolute Gasteiger partial charge is 0.414 e. The highest BCUT2D eigenvalue weighted by Gasteiger charge is 2.30. The largest absolute Gasteiger partial charge is 0.473 e. The molecule has 2 aliphatic heterocycles. The Hall–Kier alpha value is -1.14. The number of rotatable bonds is 2. The van der Waals surface area contributed by atoms with E-state index in [0.29, 0.717) is 0 Å². The van der Waals surface area contributed by atoms with Crippen LogP contribution in [0.5, 0.6) is 0 Å². The molecule has 2 saturated heterocycles. The summed E-state index contributed by atoms with van der Waals surface area (Å²) in [4.78, 5) is 23.8. The van der Waals surface area contributed by atoms with Crippen molar-refractivity contribution in [2.45, 2.75) is 70.4 Å². The van der Waals surface area contributed by atoms with E-state index in [1.807, 2.05) is 0 Å². The molecule has 0 unspecified atom stereocenters. The van der Waals surface area contributed by atoms with Crippen molar-refractivity contribution in [2.24, 2.45) is 5.92 Å². The van der Waals surface area contributed by atoms with Crippen LogP contribution in [0.2, 0.25) is 0 Å². The number of likely N-dealkylation sites (tertiary alicyclic amines) is 2. The summed E-state index contributed by atoms with van der Waals surface area (Å²) in [5, 5.41) is 14.8. The molecular weight excluding hydrogens is 308 g/mol. The van der Waals surface area contributed by atoms with Crippen LogP contribution in [0.25, 0.3) is 0 Å². The van der Waals surface area contributed by atoms with Crippen molar-refractivity contribution in [3.8, 4) is 0 Å². The first kappa shape index (κ1) is 19.2. The van der Waals surface area contributed by atoms with Crippen LogP contribution in [0.15, 0.2) is 0 Å². The minimum Gasteiger partial charge on any atom is -0.473 e. The molecule has 3 fully saturated rings. The topological polar surface area (TPSA) is 81.1 Å². The Kier molecular flexibility index (Phi) is 7.49. The number of piperidine rings is 2. The number of aliphatic carboxylic acids is 2. The van der Waals surface area contributed by atoms with Gasteiger partial charge in [-0.2, -0.15) is 0 Å². The Labute approximate surface area is 144 Å². The summed E-state index contributed by atoms with van der Waals surface area (Å²) in [7, 11) is 0. The summed E-state index contributed by atoms with van der Waals surface area (Å²) in [5.74, 6) is -2.68. The first-order valence-electron chi connectivity index (χ1n) is 9.41. The van der Waals surface area contributed by atoms with Gasteiger partial charge in [0.1, 0.15) is 0 Å². The minimum absolute atomic E-state index is 0.912. The summed E-state index contributed by atoms with van der Waals surface area (Å²) in [6.45, 7) is 7.91. The lowest BCUT2D eigenvalue weighted by Crippen LogP contribution is -2.49. The number of hydrogen-bond donors (Lipinski definition) is 2. The van der Waals surface area contributed by atoms with Gasteiger partial charge in [-0.1, -0.05) is 19.8 Å². The zero-order valence-corrected chi connectivity index (χ0v) is 14.8. The lowest BCUT2D eigenvalue weighted by atomic mass is 9.94. The van der Waals surface area contributed by atoms with Crippen LogP contribution in [0.4, 0.5) is 0 Å². The molecule has 1 saturated carbocycles. The number of carboxylic acids is 2. The number of carbonyl (C=O) groups is 2. The Balaban J connectivity index is 0.000000301. The highest BCUT2D eigenvalue weighted by atomic mass is 16.4. The molecule has 2 N–H and O–H groups in total. The zero-order chi connectivity index (χ0) is 17.5. The maximum atomic E-state index is 9.10. The maximum absolute atomic E-state index is 9.10. The van der Waals surface area contributed by atoms with E-state index in [1.54, 1.807) is 0 Å². The quantitative estimate of drug-likeness (QED) is 0.751. The predicted molar refractivity (Wildman–Crippen MR) is 92.1 cm³/mol. The SMILES string of the molecule is CC1CCN(C2CCN(C3CCCC3)CC2)CC1.O=C(O)C(=O)O. The van der Waals surface area contributed by atoms with Crippen molar-refractivity contribution in [3.05, 3.63) is 0 Å². The highest BCUT2D eigenvalue weighted by molar-refractivity contribution is 6.27. The Morgan fingerprint density at radius 1 is 0.708 bits per heavy atom. The fraction of sp³-hybridized carbons (Fsp3) is 0.889. The summed E-state index contributed by atoms with van der Waals surface area (Å²) >= 11 is 0. The van der Waals surface area contributed by atoms with Gasteiger partial charge in [-0.25, -0.2) is 9.59 Å². The fourth-order valence-electron chi connectivity index (χ4n) is 4.28. The molecule has 0 spiro atoms. The van der Waals surface area contributed by atoms with E-state index in [9.17, 15) is 0 Å². The zero-order valence-electron chi connectivity index (χ0n) is 14.8. The lowest BCUT2D eigenvalue weighted by molar-refractivity contribution is -0.159. The van der Waals surface area contributed by atoms with Crippen molar-refractivity contribution in [3.63, 3.8) is 0 Å². The van der Waals surface area contributed by atoms with E-state index < -0.39 is 11.9 Å². The van der Waals surface area contributed by atoms with Crippen LogP contribution < -0.4 is 0 Å². The molecule has 0 aromatic carbocycles. The lowest BCUT2D eigenvalue weighted by Gasteiger charge is -2.43. The molecule has 3 rings (SSSR count). The third-order valence-corrected chi connectivity index (χ3v) is 5.86. The third kappa shape index (κ3) is 5.74. The molecule has 0 atom stereocenters. The van der Waals surface area contributed by atoms with Gasteiger partial charge in [-0.05, 0) is 70.6 Å². The average molecular weight is 340 g/mol. The van der Waals surface area contributed by atoms with Gasteiger partial charge in [0, 0.05) is 12.1 Å². The van der Waals surface area contributed by atoms with Gasteiger partial charge in [-0.15, -0.1) is 0 Å².